The molecular formula is C26H34N4O3S. The molecule has 2 aliphatic heterocycles. The van der Waals surface area contributed by atoms with Gasteiger partial charge in [-0.1, -0.05) is 30.3 Å². The Morgan fingerprint density at radius 2 is 1.82 bits per heavy atom. The number of rotatable bonds is 8. The average molecular weight is 483 g/mol. The van der Waals surface area contributed by atoms with Crippen LogP contribution < -0.4 is 5.32 Å². The van der Waals surface area contributed by atoms with Crippen molar-refractivity contribution in [3.05, 3.63) is 57.8 Å². The van der Waals surface area contributed by atoms with Crippen LogP contribution in [0.15, 0.2) is 42.5 Å². The SMILES string of the molecule is Cc1ccc(C(=O)N2CCC(C3(CCc4ccccc4)NC(=O)N(CCN(C)C)C3=O)CC2)s1. The van der Waals surface area contributed by atoms with E-state index in [9.17, 15) is 14.4 Å². The van der Waals surface area contributed by atoms with E-state index in [0.717, 1.165) is 15.3 Å². The summed E-state index contributed by atoms with van der Waals surface area (Å²) < 4.78 is 0. The number of carbonyl (C=O) groups excluding carboxylic acids is 3. The fourth-order valence-corrected chi connectivity index (χ4v) is 5.90. The van der Waals surface area contributed by atoms with Gasteiger partial charge in [-0.2, -0.15) is 0 Å². The molecule has 2 saturated heterocycles. The molecule has 1 unspecified atom stereocenters. The van der Waals surface area contributed by atoms with E-state index >= 15 is 0 Å². The van der Waals surface area contributed by atoms with Gasteiger partial charge < -0.3 is 15.1 Å². The summed E-state index contributed by atoms with van der Waals surface area (Å²) >= 11 is 1.52. The number of urea groups is 1. The molecule has 2 fully saturated rings. The molecule has 1 aromatic carbocycles. The number of piperidine rings is 1. The van der Waals surface area contributed by atoms with Crippen LogP contribution in [0.4, 0.5) is 4.79 Å². The number of nitrogens with one attached hydrogen (secondary N) is 1. The van der Waals surface area contributed by atoms with Crippen LogP contribution in [0, 0.1) is 12.8 Å². The van der Waals surface area contributed by atoms with E-state index in [1.807, 2.05) is 61.2 Å². The van der Waals surface area contributed by atoms with Crippen LogP contribution in [0.1, 0.15) is 39.4 Å². The Morgan fingerprint density at radius 3 is 2.44 bits per heavy atom. The quantitative estimate of drug-likeness (QED) is 0.586. The summed E-state index contributed by atoms with van der Waals surface area (Å²) in [6.45, 7) is 4.18. The van der Waals surface area contributed by atoms with E-state index in [1.54, 1.807) is 0 Å². The highest BCUT2D eigenvalue weighted by molar-refractivity contribution is 7.13. The highest BCUT2D eigenvalue weighted by Gasteiger charge is 2.55. The Balaban J connectivity index is 1.51. The Hall–Kier alpha value is -2.71. The molecule has 3 heterocycles. The highest BCUT2D eigenvalue weighted by Crippen LogP contribution is 2.37. The second-order valence-corrected chi connectivity index (χ2v) is 10.9. The molecule has 1 N–H and O–H groups in total. The lowest BCUT2D eigenvalue weighted by Crippen LogP contribution is -2.57. The van der Waals surface area contributed by atoms with E-state index in [4.69, 9.17) is 0 Å². The summed E-state index contributed by atoms with van der Waals surface area (Å²) in [5.41, 5.74) is 0.227. The zero-order valence-electron chi connectivity index (χ0n) is 20.3. The van der Waals surface area contributed by atoms with Gasteiger partial charge >= 0.3 is 6.03 Å². The van der Waals surface area contributed by atoms with E-state index in [0.29, 0.717) is 51.9 Å². The summed E-state index contributed by atoms with van der Waals surface area (Å²) in [6, 6.07) is 13.6. The number of hydrogen-bond acceptors (Lipinski definition) is 5. The lowest BCUT2D eigenvalue weighted by molar-refractivity contribution is -0.134. The van der Waals surface area contributed by atoms with Crippen LogP contribution in [0.3, 0.4) is 0 Å². The maximum absolute atomic E-state index is 13.8. The second kappa shape index (κ2) is 10.3. The van der Waals surface area contributed by atoms with Gasteiger partial charge in [0.25, 0.3) is 11.8 Å². The van der Waals surface area contributed by atoms with Crippen LogP contribution >= 0.6 is 11.3 Å². The molecule has 4 rings (SSSR count). The summed E-state index contributed by atoms with van der Waals surface area (Å²) in [7, 11) is 3.87. The standard InChI is InChI=1S/C26H34N4O3S/c1-19-9-10-22(34-19)23(31)29-15-12-21(13-16-29)26(14-11-20-7-5-4-6-8-20)24(32)30(25(33)27-26)18-17-28(2)3/h4-10,21H,11-18H2,1-3H3,(H,27,33). The molecule has 7 nitrogen and oxygen atoms in total. The van der Waals surface area contributed by atoms with Crippen molar-refractivity contribution in [2.45, 2.75) is 38.1 Å². The van der Waals surface area contributed by atoms with Crippen LogP contribution in [-0.2, 0) is 11.2 Å². The minimum atomic E-state index is -0.923. The Labute approximate surface area is 205 Å². The zero-order chi connectivity index (χ0) is 24.3. The van der Waals surface area contributed by atoms with Crippen LogP contribution in [0.5, 0.6) is 0 Å². The van der Waals surface area contributed by atoms with Crippen molar-refractivity contribution in [1.82, 2.24) is 20.0 Å². The zero-order valence-corrected chi connectivity index (χ0v) is 21.1. The van der Waals surface area contributed by atoms with E-state index in [2.05, 4.69) is 17.4 Å². The fourth-order valence-electron chi connectivity index (χ4n) is 5.07. The molecule has 0 radical (unpaired) electrons. The van der Waals surface area contributed by atoms with Gasteiger partial charge in [0.2, 0.25) is 0 Å². The Bertz CT molecular complexity index is 1030. The minimum Gasteiger partial charge on any atom is -0.338 e. The smallest absolute Gasteiger partial charge is 0.325 e. The molecule has 0 bridgehead atoms. The number of aryl methyl sites for hydroxylation is 2. The van der Waals surface area contributed by atoms with Crippen LogP contribution in [0.25, 0.3) is 0 Å². The van der Waals surface area contributed by atoms with Gasteiger partial charge in [0.15, 0.2) is 0 Å². The second-order valence-electron chi connectivity index (χ2n) is 9.62. The predicted octanol–water partition coefficient (Wildman–Crippen LogP) is 3.39. The molecule has 4 amide bonds. The van der Waals surface area contributed by atoms with Crippen LogP contribution in [0.2, 0.25) is 0 Å². The molecule has 0 saturated carbocycles. The van der Waals surface area contributed by atoms with E-state index in [1.165, 1.54) is 16.2 Å². The number of likely N-dealkylation sites (tertiary alicyclic amines) is 1. The largest absolute Gasteiger partial charge is 0.338 e. The first-order valence-electron chi connectivity index (χ1n) is 12.0. The molecule has 1 aromatic heterocycles. The lowest BCUT2D eigenvalue weighted by atomic mass is 9.74. The number of imide groups is 1. The van der Waals surface area contributed by atoms with Gasteiger partial charge in [-0.25, -0.2) is 4.79 Å². The maximum atomic E-state index is 13.8. The molecule has 2 aromatic rings. The van der Waals surface area contributed by atoms with Gasteiger partial charge in [0.05, 0.1) is 4.88 Å². The van der Waals surface area contributed by atoms with Crippen LogP contribution in [-0.4, -0.2) is 78.4 Å². The normalized spacial score (nSPS) is 21.4. The first-order chi connectivity index (χ1) is 16.3. The van der Waals surface area contributed by atoms with Crippen molar-refractivity contribution in [2.24, 2.45) is 5.92 Å². The minimum absolute atomic E-state index is 0.00820. The van der Waals surface area contributed by atoms with Crippen molar-refractivity contribution in [2.75, 3.05) is 40.3 Å². The third kappa shape index (κ3) is 5.03. The molecule has 0 spiro atoms. The average Bonchev–Trinajstić information content (AvgIpc) is 3.37. The van der Waals surface area contributed by atoms with Gasteiger partial charge in [0.1, 0.15) is 5.54 Å². The number of likely N-dealkylation sites (N-methyl/N-ethyl adjacent to an activating group) is 1. The van der Waals surface area contributed by atoms with Gasteiger partial charge in [0, 0.05) is 31.1 Å². The topological polar surface area (TPSA) is 73.0 Å². The molecule has 34 heavy (non-hydrogen) atoms. The van der Waals surface area contributed by atoms with Crippen molar-refractivity contribution in [1.29, 1.82) is 0 Å². The van der Waals surface area contributed by atoms with Crippen molar-refractivity contribution in [3.63, 3.8) is 0 Å². The summed E-state index contributed by atoms with van der Waals surface area (Å²) in [5, 5.41) is 3.13. The third-order valence-corrected chi connectivity index (χ3v) is 8.04. The molecule has 8 heteroatoms. The molecule has 2 aliphatic rings. The van der Waals surface area contributed by atoms with Gasteiger partial charge in [-0.05, 0) is 70.3 Å². The van der Waals surface area contributed by atoms with Gasteiger partial charge in [-0.3, -0.25) is 14.5 Å². The highest BCUT2D eigenvalue weighted by atomic mass is 32.1. The monoisotopic (exact) mass is 482 g/mol. The Morgan fingerprint density at radius 1 is 1.12 bits per heavy atom. The summed E-state index contributed by atoms with van der Waals surface area (Å²) in [5.74, 6) is -0.0654. The summed E-state index contributed by atoms with van der Waals surface area (Å²) in [6.07, 6.45) is 2.65. The molecular weight excluding hydrogens is 448 g/mol. The van der Waals surface area contributed by atoms with Gasteiger partial charge in [-0.15, -0.1) is 11.3 Å². The Kier molecular flexibility index (Phi) is 7.38. The van der Waals surface area contributed by atoms with Crippen molar-refractivity contribution < 1.29 is 14.4 Å². The summed E-state index contributed by atoms with van der Waals surface area (Å²) in [4.78, 5) is 46.8. The number of amides is 4. The lowest BCUT2D eigenvalue weighted by Gasteiger charge is -2.41. The molecule has 0 aliphatic carbocycles. The number of nitrogens with zero attached hydrogens (tertiary/aromatic N) is 3. The van der Waals surface area contributed by atoms with Crippen molar-refractivity contribution in [3.8, 4) is 0 Å². The number of hydrogen-bond donors (Lipinski definition) is 1. The first-order valence-corrected chi connectivity index (χ1v) is 12.8. The molecule has 182 valence electrons. The van der Waals surface area contributed by atoms with E-state index < -0.39 is 5.54 Å². The van der Waals surface area contributed by atoms with Crippen molar-refractivity contribution >= 4 is 29.2 Å². The first kappa shape index (κ1) is 24.4. The maximum Gasteiger partial charge on any atom is 0.325 e. The third-order valence-electron chi connectivity index (χ3n) is 7.05. The number of carbonyl (C=O) groups is 3. The molecule has 1 atom stereocenters. The predicted molar refractivity (Wildman–Crippen MR) is 134 cm³/mol. The van der Waals surface area contributed by atoms with E-state index in [-0.39, 0.29) is 23.8 Å². The fraction of sp³-hybridized carbons (Fsp3) is 0.500. The number of benzene rings is 1. The number of thiophene rings is 1.